The Morgan fingerprint density at radius 1 is 1.35 bits per heavy atom. The fourth-order valence-electron chi connectivity index (χ4n) is 2.99. The van der Waals surface area contributed by atoms with Gasteiger partial charge in [-0.15, -0.1) is 0 Å². The van der Waals surface area contributed by atoms with Gasteiger partial charge in [-0.3, -0.25) is 0 Å². The Bertz CT molecular complexity index is 532. The van der Waals surface area contributed by atoms with Gasteiger partial charge in [-0.05, 0) is 32.4 Å². The zero-order valence-corrected chi connectivity index (χ0v) is 12.1. The molecule has 1 saturated heterocycles. The number of benzene rings is 1. The number of hydrogen-bond donors (Lipinski definition) is 1. The van der Waals surface area contributed by atoms with Crippen LogP contribution in [-0.4, -0.2) is 25.5 Å². The first-order valence-electron chi connectivity index (χ1n) is 7.26. The molecule has 0 radical (unpaired) electrons. The highest BCUT2D eigenvalue weighted by molar-refractivity contribution is 6.02. The topological polar surface area (TPSA) is 60.1 Å². The molecule has 2 aliphatic heterocycles. The molecule has 20 heavy (non-hydrogen) atoms. The quantitative estimate of drug-likeness (QED) is 0.859. The molecule has 3 rings (SSSR count). The minimum atomic E-state index is -0.723. The molecule has 1 spiro atoms. The van der Waals surface area contributed by atoms with E-state index < -0.39 is 5.72 Å². The van der Waals surface area contributed by atoms with Crippen LogP contribution in [0.15, 0.2) is 23.2 Å². The van der Waals surface area contributed by atoms with Gasteiger partial charge in [-0.2, -0.15) is 0 Å². The van der Waals surface area contributed by atoms with Crippen molar-refractivity contribution in [3.63, 3.8) is 0 Å². The van der Waals surface area contributed by atoms with Crippen LogP contribution in [0, 0.1) is 0 Å². The monoisotopic (exact) mass is 275 g/mol. The zero-order chi connectivity index (χ0) is 14.2. The summed E-state index contributed by atoms with van der Waals surface area (Å²) in [6, 6.07) is 6.29. The average molecular weight is 275 g/mol. The second-order valence-electron chi connectivity index (χ2n) is 5.19. The third kappa shape index (κ3) is 1.98. The number of anilines is 1. The van der Waals surface area contributed by atoms with Gasteiger partial charge in [0.05, 0.1) is 6.61 Å². The van der Waals surface area contributed by atoms with Crippen LogP contribution in [0.25, 0.3) is 0 Å². The summed E-state index contributed by atoms with van der Waals surface area (Å²) in [5.74, 6) is 0.541. The summed E-state index contributed by atoms with van der Waals surface area (Å²) >= 11 is 0. The van der Waals surface area contributed by atoms with Crippen LogP contribution in [0.2, 0.25) is 0 Å². The Balaban J connectivity index is 2.01. The normalized spacial score (nSPS) is 24.6. The molecular formula is C15H21N3O2. The molecule has 1 aromatic carbocycles. The van der Waals surface area contributed by atoms with Crippen molar-refractivity contribution >= 4 is 11.5 Å². The van der Waals surface area contributed by atoms with Gasteiger partial charge in [0.15, 0.2) is 0 Å². The maximum atomic E-state index is 6.10. The van der Waals surface area contributed by atoms with Gasteiger partial charge in [-0.1, -0.05) is 6.07 Å². The summed E-state index contributed by atoms with van der Waals surface area (Å²) in [6.45, 7) is 6.85. The first-order valence-corrected chi connectivity index (χ1v) is 7.26. The van der Waals surface area contributed by atoms with Gasteiger partial charge in [0.2, 0.25) is 5.72 Å². The van der Waals surface area contributed by atoms with E-state index in [0.29, 0.717) is 12.4 Å². The van der Waals surface area contributed by atoms with E-state index in [1.807, 2.05) is 0 Å². The minimum Gasteiger partial charge on any atom is -0.383 e. The molecular weight excluding hydrogens is 254 g/mol. The minimum absolute atomic E-state index is 0.541. The third-order valence-corrected chi connectivity index (χ3v) is 4.07. The van der Waals surface area contributed by atoms with Crippen LogP contribution in [0.1, 0.15) is 37.8 Å². The molecule has 2 heterocycles. The summed E-state index contributed by atoms with van der Waals surface area (Å²) in [5, 5.41) is 0. The lowest BCUT2D eigenvalue weighted by atomic mass is 9.95. The molecule has 5 heteroatoms. The number of hydrogen-bond acceptors (Lipinski definition) is 5. The number of fused-ring (bicyclic) bond motifs is 2. The molecule has 0 aliphatic carbocycles. The maximum Gasteiger partial charge on any atom is 0.221 e. The van der Waals surface area contributed by atoms with Gasteiger partial charge >= 0.3 is 0 Å². The molecule has 0 bridgehead atoms. The average Bonchev–Trinajstić information content (AvgIpc) is 2.74. The number of rotatable bonds is 3. The summed E-state index contributed by atoms with van der Waals surface area (Å²) in [4.78, 5) is 17.5. The predicted octanol–water partition coefficient (Wildman–Crippen LogP) is 2.15. The Morgan fingerprint density at radius 3 is 2.80 bits per heavy atom. The molecule has 0 aromatic heterocycles. The zero-order valence-electron chi connectivity index (χ0n) is 12.1. The highest BCUT2D eigenvalue weighted by Crippen LogP contribution is 2.42. The van der Waals surface area contributed by atoms with Gasteiger partial charge in [0.25, 0.3) is 0 Å². The summed E-state index contributed by atoms with van der Waals surface area (Å²) in [7, 11) is 0. The van der Waals surface area contributed by atoms with E-state index in [2.05, 4.69) is 41.9 Å². The van der Waals surface area contributed by atoms with Crippen molar-refractivity contribution in [3.8, 4) is 0 Å². The van der Waals surface area contributed by atoms with Crippen LogP contribution in [-0.2, 0) is 15.5 Å². The van der Waals surface area contributed by atoms with E-state index in [-0.39, 0.29) is 0 Å². The number of nitrogens with two attached hydrogens (primary N) is 1. The van der Waals surface area contributed by atoms with E-state index in [9.17, 15) is 0 Å². The molecule has 1 atom stereocenters. The van der Waals surface area contributed by atoms with Gasteiger partial charge in [-0.25, -0.2) is 14.8 Å². The molecule has 1 unspecified atom stereocenters. The van der Waals surface area contributed by atoms with Crippen molar-refractivity contribution in [2.24, 2.45) is 10.7 Å². The smallest absolute Gasteiger partial charge is 0.221 e. The van der Waals surface area contributed by atoms with Crippen molar-refractivity contribution in [2.45, 2.75) is 32.4 Å². The molecule has 1 fully saturated rings. The number of nitrogens with zero attached hydrogens (tertiary/aromatic N) is 2. The Hall–Kier alpha value is -1.59. The lowest BCUT2D eigenvalue weighted by molar-refractivity contribution is -0.386. The van der Waals surface area contributed by atoms with E-state index in [0.717, 1.165) is 37.1 Å². The van der Waals surface area contributed by atoms with Crippen LogP contribution >= 0.6 is 0 Å². The molecule has 0 saturated carbocycles. The molecule has 108 valence electrons. The van der Waals surface area contributed by atoms with Crippen LogP contribution in [0.4, 0.5) is 5.69 Å². The Morgan fingerprint density at radius 2 is 2.15 bits per heavy atom. The maximum absolute atomic E-state index is 6.10. The molecule has 2 aliphatic rings. The summed E-state index contributed by atoms with van der Waals surface area (Å²) in [6.07, 6.45) is 1.74. The van der Waals surface area contributed by atoms with Crippen LogP contribution < -0.4 is 10.6 Å². The van der Waals surface area contributed by atoms with Crippen LogP contribution in [0.5, 0.6) is 0 Å². The SMILES string of the molecule is CCN(CC)c1ccc2c(c1)C(N)=NC21CCCOO1. The first-order chi connectivity index (χ1) is 9.70. The van der Waals surface area contributed by atoms with Crippen molar-refractivity contribution in [2.75, 3.05) is 24.6 Å². The van der Waals surface area contributed by atoms with E-state index in [1.165, 1.54) is 5.69 Å². The van der Waals surface area contributed by atoms with E-state index in [4.69, 9.17) is 15.5 Å². The van der Waals surface area contributed by atoms with E-state index >= 15 is 0 Å². The van der Waals surface area contributed by atoms with Gasteiger partial charge < -0.3 is 10.6 Å². The second-order valence-corrected chi connectivity index (χ2v) is 5.19. The van der Waals surface area contributed by atoms with Crippen molar-refractivity contribution in [1.29, 1.82) is 0 Å². The van der Waals surface area contributed by atoms with Gasteiger partial charge in [0.1, 0.15) is 5.84 Å². The molecule has 0 amide bonds. The Labute approximate surface area is 119 Å². The highest BCUT2D eigenvalue weighted by atomic mass is 17.2. The highest BCUT2D eigenvalue weighted by Gasteiger charge is 2.43. The van der Waals surface area contributed by atoms with Gasteiger partial charge in [0, 0.05) is 36.3 Å². The summed E-state index contributed by atoms with van der Waals surface area (Å²) < 4.78 is 0. The third-order valence-electron chi connectivity index (χ3n) is 4.07. The van der Waals surface area contributed by atoms with Crippen molar-refractivity contribution in [1.82, 2.24) is 0 Å². The lowest BCUT2D eigenvalue weighted by Gasteiger charge is -2.30. The fourth-order valence-corrected chi connectivity index (χ4v) is 2.99. The predicted molar refractivity (Wildman–Crippen MR) is 78.7 cm³/mol. The summed E-state index contributed by atoms with van der Waals surface area (Å²) in [5.41, 5.74) is 8.54. The van der Waals surface area contributed by atoms with Crippen LogP contribution in [0.3, 0.4) is 0 Å². The molecule has 2 N–H and O–H groups in total. The van der Waals surface area contributed by atoms with E-state index in [1.54, 1.807) is 0 Å². The largest absolute Gasteiger partial charge is 0.383 e. The lowest BCUT2D eigenvalue weighted by Crippen LogP contribution is -2.31. The van der Waals surface area contributed by atoms with Crippen molar-refractivity contribution < 1.29 is 9.78 Å². The van der Waals surface area contributed by atoms with Crippen molar-refractivity contribution in [3.05, 3.63) is 29.3 Å². The first kappa shape index (κ1) is 13.4. The fraction of sp³-hybridized carbons (Fsp3) is 0.533. The second kappa shape index (κ2) is 5.07. The number of aliphatic imine (C=N–C) groups is 1. The number of amidine groups is 1. The molecule has 5 nitrogen and oxygen atoms in total. The Kier molecular flexibility index (Phi) is 3.40. The standard InChI is InChI=1S/C15H21N3O2/c1-3-18(4-2)11-6-7-13-12(10-11)14(16)17-15(13)8-5-9-19-20-15/h6-7,10H,3-5,8-9H2,1-2H3,(H2,16,17). The molecule has 1 aromatic rings.